The SMILES string of the molecule is CC(C)N1CCC2(CC1)CC(NC(=O)c1cccnc1)c1ccccc12. The van der Waals surface area contributed by atoms with E-state index >= 15 is 0 Å². The zero-order valence-electron chi connectivity index (χ0n) is 15.6. The van der Waals surface area contributed by atoms with Gasteiger partial charge in [0, 0.05) is 23.9 Å². The molecule has 26 heavy (non-hydrogen) atoms. The minimum absolute atomic E-state index is 0.0328. The molecule has 4 rings (SSSR count). The first-order chi connectivity index (χ1) is 12.6. The molecular formula is C22H27N3O. The maximum absolute atomic E-state index is 12.7. The van der Waals surface area contributed by atoms with Crippen LogP contribution in [0.15, 0.2) is 48.8 Å². The van der Waals surface area contributed by atoms with Crippen molar-refractivity contribution in [3.05, 3.63) is 65.5 Å². The van der Waals surface area contributed by atoms with Crippen LogP contribution < -0.4 is 5.32 Å². The Labute approximate surface area is 155 Å². The van der Waals surface area contributed by atoms with E-state index in [9.17, 15) is 4.79 Å². The van der Waals surface area contributed by atoms with E-state index < -0.39 is 0 Å². The molecule has 0 radical (unpaired) electrons. The molecule has 1 N–H and O–H groups in total. The van der Waals surface area contributed by atoms with Gasteiger partial charge >= 0.3 is 0 Å². The van der Waals surface area contributed by atoms with Crippen molar-refractivity contribution >= 4 is 5.91 Å². The van der Waals surface area contributed by atoms with Gasteiger partial charge in [-0.1, -0.05) is 24.3 Å². The molecule has 1 amide bonds. The molecule has 2 aromatic rings. The smallest absolute Gasteiger partial charge is 0.253 e. The number of benzene rings is 1. The summed E-state index contributed by atoms with van der Waals surface area (Å²) in [5.74, 6) is -0.0328. The lowest BCUT2D eigenvalue weighted by atomic mass is 9.73. The van der Waals surface area contributed by atoms with Crippen molar-refractivity contribution in [2.24, 2.45) is 0 Å². The Morgan fingerprint density at radius 3 is 2.65 bits per heavy atom. The number of amides is 1. The van der Waals surface area contributed by atoms with Crippen molar-refractivity contribution in [2.45, 2.75) is 50.6 Å². The normalized spacial score (nSPS) is 21.7. The first-order valence-electron chi connectivity index (χ1n) is 9.63. The Balaban J connectivity index is 1.57. The number of aromatic nitrogens is 1. The summed E-state index contributed by atoms with van der Waals surface area (Å²) in [6.07, 6.45) is 6.67. The fourth-order valence-electron chi connectivity index (χ4n) is 4.70. The van der Waals surface area contributed by atoms with E-state index in [2.05, 4.69) is 53.3 Å². The molecule has 4 nitrogen and oxygen atoms in total. The first kappa shape index (κ1) is 17.2. The lowest BCUT2D eigenvalue weighted by Gasteiger charge is -2.42. The number of piperidine rings is 1. The maximum atomic E-state index is 12.7. The maximum Gasteiger partial charge on any atom is 0.253 e. The number of nitrogens with one attached hydrogen (secondary N) is 1. The molecule has 1 atom stereocenters. The number of hydrogen-bond donors (Lipinski definition) is 1. The van der Waals surface area contributed by atoms with Gasteiger partial charge in [-0.25, -0.2) is 0 Å². The van der Waals surface area contributed by atoms with Crippen molar-refractivity contribution in [3.63, 3.8) is 0 Å². The summed E-state index contributed by atoms with van der Waals surface area (Å²) in [4.78, 5) is 19.3. The van der Waals surface area contributed by atoms with Crippen LogP contribution in [0.5, 0.6) is 0 Å². The summed E-state index contributed by atoms with van der Waals surface area (Å²) in [6, 6.07) is 13.0. The number of rotatable bonds is 3. The fourth-order valence-corrected chi connectivity index (χ4v) is 4.70. The van der Waals surface area contributed by atoms with Gasteiger partial charge in [-0.3, -0.25) is 9.78 Å². The van der Waals surface area contributed by atoms with E-state index in [0.717, 1.165) is 19.5 Å². The molecule has 0 bridgehead atoms. The standard InChI is InChI=1S/C22H27N3O/c1-16(2)25-12-9-22(10-13-25)14-20(18-7-3-4-8-19(18)22)24-21(26)17-6-5-11-23-15-17/h3-8,11,15-16,20H,9-10,12-14H2,1-2H3,(H,24,26). The van der Waals surface area contributed by atoms with E-state index in [1.54, 1.807) is 18.5 Å². The molecule has 0 saturated carbocycles. The number of nitrogens with zero attached hydrogens (tertiary/aromatic N) is 2. The monoisotopic (exact) mass is 349 g/mol. The molecule has 2 heterocycles. The van der Waals surface area contributed by atoms with Crippen molar-refractivity contribution in [1.29, 1.82) is 0 Å². The number of hydrogen-bond acceptors (Lipinski definition) is 3. The van der Waals surface area contributed by atoms with Crippen LogP contribution in [0.25, 0.3) is 0 Å². The van der Waals surface area contributed by atoms with Crippen LogP contribution in [0, 0.1) is 0 Å². The molecule has 136 valence electrons. The van der Waals surface area contributed by atoms with Crippen LogP contribution in [0.3, 0.4) is 0 Å². The number of carbonyl (C=O) groups is 1. The molecule has 1 unspecified atom stereocenters. The summed E-state index contributed by atoms with van der Waals surface area (Å²) >= 11 is 0. The Hall–Kier alpha value is -2.20. The van der Waals surface area contributed by atoms with Crippen LogP contribution in [0.1, 0.15) is 60.6 Å². The van der Waals surface area contributed by atoms with Gasteiger partial charge in [-0.2, -0.15) is 0 Å². The zero-order chi connectivity index (χ0) is 18.1. The predicted octanol–water partition coefficient (Wildman–Crippen LogP) is 3.70. The molecule has 4 heteroatoms. The van der Waals surface area contributed by atoms with Crippen molar-refractivity contribution < 1.29 is 4.79 Å². The average Bonchev–Trinajstić information content (AvgIpc) is 2.96. The van der Waals surface area contributed by atoms with Crippen LogP contribution in [0.2, 0.25) is 0 Å². The lowest BCUT2D eigenvalue weighted by Crippen LogP contribution is -2.44. The third-order valence-corrected chi connectivity index (χ3v) is 6.22. The van der Waals surface area contributed by atoms with E-state index in [4.69, 9.17) is 0 Å². The van der Waals surface area contributed by atoms with Crippen molar-refractivity contribution in [2.75, 3.05) is 13.1 Å². The Morgan fingerprint density at radius 2 is 1.96 bits per heavy atom. The third-order valence-electron chi connectivity index (χ3n) is 6.22. The minimum Gasteiger partial charge on any atom is -0.345 e. The highest BCUT2D eigenvalue weighted by Gasteiger charge is 2.45. The molecule has 1 aliphatic carbocycles. The van der Waals surface area contributed by atoms with Gasteiger partial charge in [-0.05, 0) is 69.5 Å². The number of pyridine rings is 1. The Bertz CT molecular complexity index is 779. The summed E-state index contributed by atoms with van der Waals surface area (Å²) in [6.45, 7) is 6.82. The van der Waals surface area contributed by atoms with Gasteiger partial charge in [0.2, 0.25) is 0 Å². The van der Waals surface area contributed by atoms with Gasteiger partial charge in [0.05, 0.1) is 11.6 Å². The van der Waals surface area contributed by atoms with Gasteiger partial charge in [-0.15, -0.1) is 0 Å². The van der Waals surface area contributed by atoms with Crippen LogP contribution in [-0.2, 0) is 5.41 Å². The van der Waals surface area contributed by atoms with Gasteiger partial charge in [0.15, 0.2) is 0 Å². The van der Waals surface area contributed by atoms with Gasteiger partial charge in [0.25, 0.3) is 5.91 Å². The summed E-state index contributed by atoms with van der Waals surface area (Å²) in [7, 11) is 0. The number of fused-ring (bicyclic) bond motifs is 2. The summed E-state index contributed by atoms with van der Waals surface area (Å²) in [5, 5.41) is 3.26. The van der Waals surface area contributed by atoms with E-state index in [-0.39, 0.29) is 17.4 Å². The summed E-state index contributed by atoms with van der Waals surface area (Å²) in [5.41, 5.74) is 3.57. The molecule has 1 spiro atoms. The average molecular weight is 349 g/mol. The minimum atomic E-state index is -0.0328. The number of likely N-dealkylation sites (tertiary alicyclic amines) is 1. The Morgan fingerprint density at radius 1 is 1.19 bits per heavy atom. The zero-order valence-corrected chi connectivity index (χ0v) is 15.6. The van der Waals surface area contributed by atoms with E-state index in [0.29, 0.717) is 11.6 Å². The second-order valence-corrected chi connectivity index (χ2v) is 7.97. The van der Waals surface area contributed by atoms with Crippen LogP contribution in [-0.4, -0.2) is 34.9 Å². The largest absolute Gasteiger partial charge is 0.345 e. The van der Waals surface area contributed by atoms with Crippen LogP contribution in [0.4, 0.5) is 0 Å². The summed E-state index contributed by atoms with van der Waals surface area (Å²) < 4.78 is 0. The van der Waals surface area contributed by atoms with Crippen LogP contribution >= 0.6 is 0 Å². The quantitative estimate of drug-likeness (QED) is 0.919. The van der Waals surface area contributed by atoms with E-state index in [1.807, 2.05) is 6.07 Å². The second-order valence-electron chi connectivity index (χ2n) is 7.97. The molecule has 1 fully saturated rings. The van der Waals surface area contributed by atoms with E-state index in [1.165, 1.54) is 24.0 Å². The highest BCUT2D eigenvalue weighted by molar-refractivity contribution is 5.94. The fraction of sp³-hybridized carbons (Fsp3) is 0.455. The predicted molar refractivity (Wildman–Crippen MR) is 103 cm³/mol. The molecule has 1 aromatic heterocycles. The van der Waals surface area contributed by atoms with Crippen molar-refractivity contribution in [1.82, 2.24) is 15.2 Å². The highest BCUT2D eigenvalue weighted by Crippen LogP contribution is 2.50. The highest BCUT2D eigenvalue weighted by atomic mass is 16.1. The second kappa shape index (κ2) is 6.84. The Kier molecular flexibility index (Phi) is 4.53. The first-order valence-corrected chi connectivity index (χ1v) is 9.63. The lowest BCUT2D eigenvalue weighted by molar-refractivity contribution is 0.0919. The molecular weight excluding hydrogens is 322 g/mol. The molecule has 2 aliphatic rings. The number of carbonyl (C=O) groups excluding carboxylic acids is 1. The topological polar surface area (TPSA) is 45.2 Å². The van der Waals surface area contributed by atoms with Gasteiger partial charge in [0.1, 0.15) is 0 Å². The molecule has 1 aromatic carbocycles. The third kappa shape index (κ3) is 3.03. The molecule has 1 aliphatic heterocycles. The van der Waals surface area contributed by atoms with Gasteiger partial charge < -0.3 is 10.2 Å². The van der Waals surface area contributed by atoms with Crippen molar-refractivity contribution in [3.8, 4) is 0 Å². The molecule has 1 saturated heterocycles.